The maximum Gasteiger partial charge on any atom is 0.273 e. The van der Waals surface area contributed by atoms with Crippen molar-refractivity contribution in [3.8, 4) is 28.7 Å². The fourth-order valence-electron chi connectivity index (χ4n) is 2.81. The zero-order chi connectivity index (χ0) is 20.1. The van der Waals surface area contributed by atoms with E-state index in [-0.39, 0.29) is 11.6 Å². The molecule has 0 saturated carbocycles. The molecule has 7 heteroatoms. The topological polar surface area (TPSA) is 82.8 Å². The number of aryl methyl sites for hydroxylation is 1. The summed E-state index contributed by atoms with van der Waals surface area (Å²) in [6.07, 6.45) is 0. The van der Waals surface area contributed by atoms with Crippen molar-refractivity contribution in [2.24, 2.45) is 0 Å². The molecule has 0 spiro atoms. The highest BCUT2D eigenvalue weighted by molar-refractivity contribution is 5.93. The zero-order valence-electron chi connectivity index (χ0n) is 16.2. The first-order chi connectivity index (χ1) is 13.6. The molecule has 0 radical (unpaired) electrons. The minimum Gasteiger partial charge on any atom is -0.496 e. The lowest BCUT2D eigenvalue weighted by molar-refractivity contribution is 0.0945. The van der Waals surface area contributed by atoms with Crippen LogP contribution in [-0.2, 0) is 6.54 Å². The second kappa shape index (κ2) is 8.47. The first-order valence-electron chi connectivity index (χ1n) is 8.67. The number of oxazole rings is 1. The number of methoxy groups -OCH3 is 3. The van der Waals surface area contributed by atoms with E-state index in [2.05, 4.69) is 10.3 Å². The number of hydrogen-bond acceptors (Lipinski definition) is 6. The summed E-state index contributed by atoms with van der Waals surface area (Å²) < 4.78 is 21.5. The Labute approximate surface area is 163 Å². The predicted octanol–water partition coefficient (Wildman–Crippen LogP) is 3.61. The molecule has 0 bridgehead atoms. The number of amides is 1. The minimum atomic E-state index is -0.320. The van der Waals surface area contributed by atoms with Crippen molar-refractivity contribution in [2.75, 3.05) is 21.3 Å². The lowest BCUT2D eigenvalue weighted by atomic mass is 10.2. The SMILES string of the molecule is COc1ccccc1CNC(=O)c1nc(-c2ccc(OC)c(OC)c2)oc1C. The number of rotatable bonds is 7. The summed E-state index contributed by atoms with van der Waals surface area (Å²) in [5, 5.41) is 2.85. The monoisotopic (exact) mass is 382 g/mol. The van der Waals surface area contributed by atoms with Crippen LogP contribution in [-0.4, -0.2) is 32.2 Å². The first-order valence-corrected chi connectivity index (χ1v) is 8.67. The van der Waals surface area contributed by atoms with Gasteiger partial charge in [0.1, 0.15) is 11.5 Å². The normalized spacial score (nSPS) is 10.4. The van der Waals surface area contributed by atoms with Crippen LogP contribution in [0.25, 0.3) is 11.5 Å². The molecule has 3 aromatic rings. The van der Waals surface area contributed by atoms with Crippen LogP contribution < -0.4 is 19.5 Å². The number of ether oxygens (including phenoxy) is 3. The van der Waals surface area contributed by atoms with Crippen molar-refractivity contribution >= 4 is 5.91 Å². The molecule has 1 aromatic heterocycles. The molecule has 0 aliphatic rings. The second-order valence-electron chi connectivity index (χ2n) is 5.99. The number of nitrogens with zero attached hydrogens (tertiary/aromatic N) is 1. The van der Waals surface area contributed by atoms with Gasteiger partial charge in [-0.3, -0.25) is 4.79 Å². The Bertz CT molecular complexity index is 981. The molecule has 3 rings (SSSR count). The highest BCUT2D eigenvalue weighted by Gasteiger charge is 2.19. The summed E-state index contributed by atoms with van der Waals surface area (Å²) in [7, 11) is 4.72. The van der Waals surface area contributed by atoms with E-state index in [0.29, 0.717) is 41.0 Å². The Morgan fingerprint density at radius 1 is 1.00 bits per heavy atom. The number of hydrogen-bond donors (Lipinski definition) is 1. The van der Waals surface area contributed by atoms with Gasteiger partial charge in [-0.05, 0) is 31.2 Å². The average Bonchev–Trinajstić information content (AvgIpc) is 3.13. The average molecular weight is 382 g/mol. The maximum atomic E-state index is 12.6. The number of carbonyl (C=O) groups is 1. The third-order valence-corrected chi connectivity index (χ3v) is 4.27. The number of carbonyl (C=O) groups excluding carboxylic acids is 1. The minimum absolute atomic E-state index is 0.236. The highest BCUT2D eigenvalue weighted by atomic mass is 16.5. The molecule has 1 heterocycles. The zero-order valence-corrected chi connectivity index (χ0v) is 16.2. The lowest BCUT2D eigenvalue weighted by Crippen LogP contribution is -2.24. The predicted molar refractivity (Wildman–Crippen MR) is 104 cm³/mol. The number of benzene rings is 2. The standard InChI is InChI=1S/C21H22N2O5/c1-13-19(20(24)22-12-15-7-5-6-8-16(15)25-2)23-21(28-13)14-9-10-17(26-3)18(11-14)27-4/h5-11H,12H2,1-4H3,(H,22,24). The van der Waals surface area contributed by atoms with E-state index in [4.69, 9.17) is 18.6 Å². The molecule has 1 amide bonds. The van der Waals surface area contributed by atoms with Gasteiger partial charge in [0.2, 0.25) is 5.89 Å². The number of aromatic nitrogens is 1. The molecule has 1 N–H and O–H groups in total. The Balaban J connectivity index is 1.79. The van der Waals surface area contributed by atoms with Crippen molar-refractivity contribution < 1.29 is 23.4 Å². The van der Waals surface area contributed by atoms with Gasteiger partial charge in [0, 0.05) is 17.7 Å². The quantitative estimate of drug-likeness (QED) is 0.672. The molecule has 0 unspecified atom stereocenters. The van der Waals surface area contributed by atoms with Crippen LogP contribution in [0.3, 0.4) is 0 Å². The highest BCUT2D eigenvalue weighted by Crippen LogP contribution is 2.32. The van der Waals surface area contributed by atoms with Crippen molar-refractivity contribution in [1.82, 2.24) is 10.3 Å². The van der Waals surface area contributed by atoms with Gasteiger partial charge in [0.25, 0.3) is 5.91 Å². The molecule has 0 fully saturated rings. The fraction of sp³-hybridized carbons (Fsp3) is 0.238. The summed E-state index contributed by atoms with van der Waals surface area (Å²) in [5.74, 6) is 2.31. The molecular formula is C21H22N2O5. The smallest absolute Gasteiger partial charge is 0.273 e. The Morgan fingerprint density at radius 3 is 2.43 bits per heavy atom. The van der Waals surface area contributed by atoms with Gasteiger partial charge < -0.3 is 23.9 Å². The molecule has 7 nitrogen and oxygen atoms in total. The number of para-hydroxylation sites is 1. The lowest BCUT2D eigenvalue weighted by Gasteiger charge is -2.08. The largest absolute Gasteiger partial charge is 0.496 e. The molecule has 0 atom stereocenters. The van der Waals surface area contributed by atoms with Crippen LogP contribution in [0.15, 0.2) is 46.9 Å². The molecule has 0 aliphatic heterocycles. The summed E-state index contributed by atoms with van der Waals surface area (Å²) in [5.41, 5.74) is 1.80. The summed E-state index contributed by atoms with van der Waals surface area (Å²) in [4.78, 5) is 16.9. The van der Waals surface area contributed by atoms with Gasteiger partial charge in [0.15, 0.2) is 17.2 Å². The van der Waals surface area contributed by atoms with Crippen molar-refractivity contribution in [2.45, 2.75) is 13.5 Å². The van der Waals surface area contributed by atoms with Gasteiger partial charge in [0.05, 0.1) is 21.3 Å². The van der Waals surface area contributed by atoms with Crippen LogP contribution >= 0.6 is 0 Å². The van der Waals surface area contributed by atoms with Crippen LogP contribution in [0.5, 0.6) is 17.2 Å². The van der Waals surface area contributed by atoms with Crippen LogP contribution in [0.4, 0.5) is 0 Å². The van der Waals surface area contributed by atoms with Gasteiger partial charge in [-0.1, -0.05) is 18.2 Å². The third kappa shape index (κ3) is 3.93. The summed E-state index contributed by atoms with van der Waals surface area (Å²) >= 11 is 0. The Morgan fingerprint density at radius 2 is 1.71 bits per heavy atom. The Hall–Kier alpha value is -3.48. The van der Waals surface area contributed by atoms with Gasteiger partial charge in [-0.15, -0.1) is 0 Å². The van der Waals surface area contributed by atoms with E-state index in [9.17, 15) is 4.79 Å². The molecular weight excluding hydrogens is 360 g/mol. The molecule has 28 heavy (non-hydrogen) atoms. The van der Waals surface area contributed by atoms with Crippen molar-refractivity contribution in [1.29, 1.82) is 0 Å². The summed E-state index contributed by atoms with van der Waals surface area (Å²) in [6.45, 7) is 2.02. The molecule has 2 aromatic carbocycles. The van der Waals surface area contributed by atoms with E-state index in [1.54, 1.807) is 46.5 Å². The van der Waals surface area contributed by atoms with Crippen molar-refractivity contribution in [3.05, 3.63) is 59.5 Å². The van der Waals surface area contributed by atoms with Crippen LogP contribution in [0.2, 0.25) is 0 Å². The van der Waals surface area contributed by atoms with Gasteiger partial charge in [-0.2, -0.15) is 0 Å². The molecule has 0 saturated heterocycles. The van der Waals surface area contributed by atoms with E-state index in [1.807, 2.05) is 24.3 Å². The van der Waals surface area contributed by atoms with E-state index in [0.717, 1.165) is 5.56 Å². The van der Waals surface area contributed by atoms with Gasteiger partial charge in [-0.25, -0.2) is 4.98 Å². The Kier molecular flexibility index (Phi) is 5.84. The summed E-state index contributed by atoms with van der Waals surface area (Å²) in [6, 6.07) is 12.8. The second-order valence-corrected chi connectivity index (χ2v) is 5.99. The van der Waals surface area contributed by atoms with E-state index < -0.39 is 0 Å². The van der Waals surface area contributed by atoms with Crippen molar-refractivity contribution in [3.63, 3.8) is 0 Å². The first kappa shape index (κ1) is 19.3. The molecule has 146 valence electrons. The fourth-order valence-corrected chi connectivity index (χ4v) is 2.81. The van der Waals surface area contributed by atoms with Crippen LogP contribution in [0, 0.1) is 6.92 Å². The van der Waals surface area contributed by atoms with Gasteiger partial charge >= 0.3 is 0 Å². The maximum absolute atomic E-state index is 12.6. The van der Waals surface area contributed by atoms with E-state index >= 15 is 0 Å². The van der Waals surface area contributed by atoms with Crippen LogP contribution in [0.1, 0.15) is 21.8 Å². The third-order valence-electron chi connectivity index (χ3n) is 4.27. The number of nitrogens with one attached hydrogen (secondary N) is 1. The van der Waals surface area contributed by atoms with E-state index in [1.165, 1.54) is 0 Å². The molecule has 0 aliphatic carbocycles.